The van der Waals surface area contributed by atoms with Crippen molar-refractivity contribution in [1.29, 1.82) is 0 Å². The van der Waals surface area contributed by atoms with Crippen molar-refractivity contribution in [1.82, 2.24) is 4.90 Å². The van der Waals surface area contributed by atoms with Gasteiger partial charge in [-0.05, 0) is 32.1 Å². The van der Waals surface area contributed by atoms with Crippen LogP contribution >= 0.6 is 11.6 Å². The molecule has 0 saturated heterocycles. The Labute approximate surface area is 99.0 Å². The van der Waals surface area contributed by atoms with Crippen LogP contribution in [0.3, 0.4) is 0 Å². The average Bonchev–Trinajstić information content (AvgIpc) is 2.15. The molecule has 0 rings (SSSR count). The van der Waals surface area contributed by atoms with E-state index in [0.717, 1.165) is 12.8 Å². The number of carbonyl (C=O) groups excluding carboxylic acids is 1. The Bertz CT molecular complexity index is 171. The summed E-state index contributed by atoms with van der Waals surface area (Å²) >= 11 is 5.52. The molecular weight excluding hydrogens is 210 g/mol. The van der Waals surface area contributed by atoms with Gasteiger partial charge in [0.05, 0.1) is 6.04 Å². The highest BCUT2D eigenvalue weighted by Crippen LogP contribution is 2.12. The molecule has 0 aromatic carbocycles. The Morgan fingerprint density at radius 2 is 1.67 bits per heavy atom. The molecule has 0 aromatic heterocycles. The predicted octanol–water partition coefficient (Wildman–Crippen LogP) is 3.43. The lowest BCUT2D eigenvalue weighted by Gasteiger charge is -2.19. The van der Waals surface area contributed by atoms with Crippen molar-refractivity contribution in [2.75, 3.05) is 14.1 Å². The first-order valence-electron chi connectivity index (χ1n) is 5.95. The first-order chi connectivity index (χ1) is 7.09. The van der Waals surface area contributed by atoms with E-state index < -0.39 is 0 Å². The minimum atomic E-state index is -0.228. The molecule has 0 aliphatic carbocycles. The summed E-state index contributed by atoms with van der Waals surface area (Å²) in [5, 5.41) is -0.228. The lowest BCUT2D eigenvalue weighted by Crippen LogP contribution is -2.33. The van der Waals surface area contributed by atoms with Crippen molar-refractivity contribution < 1.29 is 4.79 Å². The van der Waals surface area contributed by atoms with Crippen LogP contribution in [0.1, 0.15) is 51.9 Å². The fourth-order valence-electron chi connectivity index (χ4n) is 1.69. The summed E-state index contributed by atoms with van der Waals surface area (Å²) < 4.78 is 0. The molecule has 0 aromatic rings. The lowest BCUT2D eigenvalue weighted by atomic mass is 10.1. The fraction of sp³-hybridized carbons (Fsp3) is 0.917. The third-order valence-electron chi connectivity index (χ3n) is 2.72. The zero-order valence-electron chi connectivity index (χ0n) is 10.3. The van der Waals surface area contributed by atoms with Crippen LogP contribution in [0.25, 0.3) is 0 Å². The smallest absolute Gasteiger partial charge is 0.238 e. The highest BCUT2D eigenvalue weighted by atomic mass is 35.5. The summed E-state index contributed by atoms with van der Waals surface area (Å²) in [6, 6.07) is -0.0992. The second-order valence-electron chi connectivity index (χ2n) is 4.34. The molecule has 0 spiro atoms. The molecule has 3 heteroatoms. The van der Waals surface area contributed by atoms with E-state index in [1.807, 2.05) is 19.0 Å². The largest absolute Gasteiger partial charge is 0.299 e. The van der Waals surface area contributed by atoms with E-state index in [9.17, 15) is 4.79 Å². The zero-order chi connectivity index (χ0) is 11.7. The van der Waals surface area contributed by atoms with Crippen molar-refractivity contribution >= 4 is 16.8 Å². The first-order valence-corrected chi connectivity index (χ1v) is 6.33. The summed E-state index contributed by atoms with van der Waals surface area (Å²) in [5.41, 5.74) is 0. The molecule has 15 heavy (non-hydrogen) atoms. The average molecular weight is 234 g/mol. The van der Waals surface area contributed by atoms with Gasteiger partial charge in [0.1, 0.15) is 0 Å². The van der Waals surface area contributed by atoms with Gasteiger partial charge in [-0.15, -0.1) is 0 Å². The van der Waals surface area contributed by atoms with Crippen LogP contribution in [0.15, 0.2) is 0 Å². The van der Waals surface area contributed by atoms with Gasteiger partial charge in [0, 0.05) is 0 Å². The second-order valence-corrected chi connectivity index (χ2v) is 4.71. The highest BCUT2D eigenvalue weighted by molar-refractivity contribution is 6.64. The number of likely N-dealkylation sites (N-methyl/N-ethyl adjacent to an activating group) is 1. The van der Waals surface area contributed by atoms with Crippen molar-refractivity contribution in [2.24, 2.45) is 0 Å². The molecule has 0 N–H and O–H groups in total. The summed E-state index contributed by atoms with van der Waals surface area (Å²) in [4.78, 5) is 13.0. The molecule has 0 fully saturated rings. The first kappa shape index (κ1) is 14.9. The van der Waals surface area contributed by atoms with Crippen LogP contribution in [-0.4, -0.2) is 30.3 Å². The Balaban J connectivity index is 3.50. The monoisotopic (exact) mass is 233 g/mol. The quantitative estimate of drug-likeness (QED) is 0.449. The van der Waals surface area contributed by atoms with E-state index >= 15 is 0 Å². The van der Waals surface area contributed by atoms with Gasteiger partial charge in [0.2, 0.25) is 5.24 Å². The van der Waals surface area contributed by atoms with E-state index in [0.29, 0.717) is 0 Å². The van der Waals surface area contributed by atoms with E-state index in [1.54, 1.807) is 0 Å². The third kappa shape index (κ3) is 7.80. The normalized spacial score (nSPS) is 13.1. The van der Waals surface area contributed by atoms with Gasteiger partial charge >= 0.3 is 0 Å². The maximum absolute atomic E-state index is 11.1. The van der Waals surface area contributed by atoms with Crippen molar-refractivity contribution in [3.8, 4) is 0 Å². The molecule has 0 saturated carbocycles. The van der Waals surface area contributed by atoms with Crippen molar-refractivity contribution in [3.63, 3.8) is 0 Å². The minimum absolute atomic E-state index is 0.0992. The van der Waals surface area contributed by atoms with E-state index in [1.165, 1.54) is 32.1 Å². The fourth-order valence-corrected chi connectivity index (χ4v) is 2.00. The SMILES string of the molecule is CCCCCCCCC(C(=O)Cl)N(C)C. The molecule has 0 radical (unpaired) electrons. The number of hydrogen-bond donors (Lipinski definition) is 0. The van der Waals surface area contributed by atoms with Gasteiger partial charge < -0.3 is 0 Å². The number of hydrogen-bond acceptors (Lipinski definition) is 2. The van der Waals surface area contributed by atoms with Crippen LogP contribution in [0, 0.1) is 0 Å². The van der Waals surface area contributed by atoms with Gasteiger partial charge in [-0.3, -0.25) is 9.69 Å². The summed E-state index contributed by atoms with van der Waals surface area (Å²) in [5.74, 6) is 0. The van der Waals surface area contributed by atoms with Crippen molar-refractivity contribution in [3.05, 3.63) is 0 Å². The van der Waals surface area contributed by atoms with E-state index in [2.05, 4.69) is 6.92 Å². The van der Waals surface area contributed by atoms with Crippen LogP contribution in [0.5, 0.6) is 0 Å². The minimum Gasteiger partial charge on any atom is -0.299 e. The zero-order valence-corrected chi connectivity index (χ0v) is 11.0. The maximum atomic E-state index is 11.1. The number of halogens is 1. The predicted molar refractivity (Wildman–Crippen MR) is 66.3 cm³/mol. The van der Waals surface area contributed by atoms with Gasteiger partial charge in [0.25, 0.3) is 0 Å². The standard InChI is InChI=1S/C12H24ClNO/c1-4-5-6-7-8-9-10-11(12(13)15)14(2)3/h11H,4-10H2,1-3H3. The second kappa shape index (κ2) is 9.17. The third-order valence-corrected chi connectivity index (χ3v) is 2.97. The number of nitrogens with zero attached hydrogens (tertiary/aromatic N) is 1. The van der Waals surface area contributed by atoms with E-state index in [4.69, 9.17) is 11.6 Å². The molecule has 0 amide bonds. The Morgan fingerprint density at radius 1 is 1.13 bits per heavy atom. The molecule has 1 atom stereocenters. The lowest BCUT2D eigenvalue weighted by molar-refractivity contribution is -0.115. The van der Waals surface area contributed by atoms with Gasteiger partial charge in [-0.2, -0.15) is 0 Å². The molecule has 0 bridgehead atoms. The van der Waals surface area contributed by atoms with Crippen LogP contribution in [0.4, 0.5) is 0 Å². The molecule has 0 aliphatic rings. The number of carbonyl (C=O) groups is 1. The summed E-state index contributed by atoms with van der Waals surface area (Å²) in [6.45, 7) is 2.22. The summed E-state index contributed by atoms with van der Waals surface area (Å²) in [7, 11) is 3.81. The Kier molecular flexibility index (Phi) is 9.12. The molecule has 0 heterocycles. The van der Waals surface area contributed by atoms with Gasteiger partial charge in [-0.25, -0.2) is 0 Å². The van der Waals surface area contributed by atoms with Gasteiger partial charge in [0.15, 0.2) is 0 Å². The van der Waals surface area contributed by atoms with E-state index in [-0.39, 0.29) is 11.3 Å². The highest BCUT2D eigenvalue weighted by Gasteiger charge is 2.17. The summed E-state index contributed by atoms with van der Waals surface area (Å²) in [6.07, 6.45) is 8.41. The van der Waals surface area contributed by atoms with Crippen LogP contribution < -0.4 is 0 Å². The number of unbranched alkanes of at least 4 members (excludes halogenated alkanes) is 5. The Morgan fingerprint density at radius 3 is 2.13 bits per heavy atom. The topological polar surface area (TPSA) is 20.3 Å². The van der Waals surface area contributed by atoms with Crippen molar-refractivity contribution in [2.45, 2.75) is 57.9 Å². The molecule has 1 unspecified atom stereocenters. The number of rotatable bonds is 9. The molecular formula is C12H24ClNO. The molecule has 90 valence electrons. The van der Waals surface area contributed by atoms with Crippen LogP contribution in [-0.2, 0) is 4.79 Å². The maximum Gasteiger partial charge on any atom is 0.238 e. The van der Waals surface area contributed by atoms with Gasteiger partial charge in [-0.1, -0.05) is 45.4 Å². The molecule has 0 aliphatic heterocycles. The van der Waals surface area contributed by atoms with Crippen LogP contribution in [0.2, 0.25) is 0 Å². The Hall–Kier alpha value is -0.0800. The molecule has 2 nitrogen and oxygen atoms in total.